The molecule has 2 aromatic rings. The highest BCUT2D eigenvalue weighted by Crippen LogP contribution is 2.35. The molecule has 0 aliphatic carbocycles. The molecule has 6 heteroatoms. The number of hydrogen-bond donors (Lipinski definition) is 0. The summed E-state index contributed by atoms with van der Waals surface area (Å²) in [4.78, 5) is 0.205. The molecule has 0 saturated heterocycles. The Hall–Kier alpha value is -2.08. The molecule has 1 heterocycles. The highest BCUT2D eigenvalue weighted by atomic mass is 32.2. The number of halogens is 1. The molecule has 0 amide bonds. The second-order valence-electron chi connectivity index (χ2n) is 6.58. The highest BCUT2D eigenvalue weighted by Gasteiger charge is 2.29. The first-order chi connectivity index (χ1) is 11.2. The van der Waals surface area contributed by atoms with E-state index in [1.165, 1.54) is 31.3 Å². The van der Waals surface area contributed by atoms with Gasteiger partial charge in [0.15, 0.2) is 0 Å². The van der Waals surface area contributed by atoms with E-state index in [0.29, 0.717) is 5.69 Å². The van der Waals surface area contributed by atoms with E-state index in [1.54, 1.807) is 18.2 Å². The standard InChI is InChI=1S/C18H20FNO3S/c1-18(2)11-10-13-12-16(8-9-17(13)23-18)24(21,22)20(3)15-6-4-14(19)5-7-15/h4-9,12H,10-11H2,1-3H3. The molecule has 0 fully saturated rings. The van der Waals surface area contributed by atoms with Crippen molar-refractivity contribution in [2.45, 2.75) is 37.2 Å². The Morgan fingerprint density at radius 2 is 1.79 bits per heavy atom. The van der Waals surface area contributed by atoms with Crippen molar-refractivity contribution in [1.29, 1.82) is 0 Å². The van der Waals surface area contributed by atoms with Crippen molar-refractivity contribution in [3.8, 4) is 5.75 Å². The predicted molar refractivity (Wildman–Crippen MR) is 91.5 cm³/mol. The average molecular weight is 349 g/mol. The van der Waals surface area contributed by atoms with Crippen molar-refractivity contribution in [3.63, 3.8) is 0 Å². The van der Waals surface area contributed by atoms with Crippen LogP contribution < -0.4 is 9.04 Å². The van der Waals surface area contributed by atoms with E-state index in [0.717, 1.165) is 28.5 Å². The molecule has 0 N–H and O–H groups in total. The van der Waals surface area contributed by atoms with Crippen molar-refractivity contribution in [1.82, 2.24) is 0 Å². The van der Waals surface area contributed by atoms with Gasteiger partial charge in [0.2, 0.25) is 0 Å². The maximum Gasteiger partial charge on any atom is 0.264 e. The van der Waals surface area contributed by atoms with Crippen LogP contribution in [0, 0.1) is 5.82 Å². The molecule has 0 bridgehead atoms. The van der Waals surface area contributed by atoms with Gasteiger partial charge in [-0.2, -0.15) is 0 Å². The van der Waals surface area contributed by atoms with E-state index in [4.69, 9.17) is 4.74 Å². The van der Waals surface area contributed by atoms with Gasteiger partial charge in [-0.3, -0.25) is 4.31 Å². The minimum atomic E-state index is -3.71. The third-order valence-corrected chi connectivity index (χ3v) is 6.04. The summed E-state index contributed by atoms with van der Waals surface area (Å²) >= 11 is 0. The summed E-state index contributed by atoms with van der Waals surface area (Å²) in [7, 11) is -2.25. The van der Waals surface area contributed by atoms with Gasteiger partial charge in [-0.1, -0.05) is 0 Å². The molecule has 4 nitrogen and oxygen atoms in total. The quantitative estimate of drug-likeness (QED) is 0.848. The zero-order valence-corrected chi connectivity index (χ0v) is 14.7. The Kier molecular flexibility index (Phi) is 4.03. The lowest BCUT2D eigenvalue weighted by molar-refractivity contribution is 0.0845. The zero-order valence-electron chi connectivity index (χ0n) is 13.9. The molecule has 0 unspecified atom stereocenters. The van der Waals surface area contributed by atoms with Crippen LogP contribution in [0.5, 0.6) is 5.75 Å². The number of fused-ring (bicyclic) bond motifs is 1. The molecular formula is C18H20FNO3S. The zero-order chi connectivity index (χ0) is 17.5. The molecule has 0 atom stereocenters. The molecule has 24 heavy (non-hydrogen) atoms. The Morgan fingerprint density at radius 1 is 1.12 bits per heavy atom. The van der Waals surface area contributed by atoms with Crippen LogP contribution in [-0.2, 0) is 16.4 Å². The average Bonchev–Trinajstić information content (AvgIpc) is 2.53. The number of hydrogen-bond acceptors (Lipinski definition) is 3. The van der Waals surface area contributed by atoms with E-state index in [2.05, 4.69) is 0 Å². The Morgan fingerprint density at radius 3 is 2.46 bits per heavy atom. The first kappa shape index (κ1) is 16.8. The Balaban J connectivity index is 1.94. The molecule has 1 aliphatic heterocycles. The molecule has 0 spiro atoms. The maximum absolute atomic E-state index is 13.0. The highest BCUT2D eigenvalue weighted by molar-refractivity contribution is 7.92. The lowest BCUT2D eigenvalue weighted by Gasteiger charge is -2.32. The number of sulfonamides is 1. The van der Waals surface area contributed by atoms with E-state index < -0.39 is 15.8 Å². The number of aryl methyl sites for hydroxylation is 1. The number of ether oxygens (including phenoxy) is 1. The van der Waals surface area contributed by atoms with Crippen molar-refractivity contribution in [2.75, 3.05) is 11.4 Å². The van der Waals surface area contributed by atoms with Crippen LogP contribution in [0.25, 0.3) is 0 Å². The summed E-state index contributed by atoms with van der Waals surface area (Å²) in [5.74, 6) is 0.327. The molecule has 2 aromatic carbocycles. The van der Waals surface area contributed by atoms with Crippen LogP contribution in [0.1, 0.15) is 25.8 Å². The minimum Gasteiger partial charge on any atom is -0.488 e. The van der Waals surface area contributed by atoms with Crippen LogP contribution in [-0.4, -0.2) is 21.1 Å². The van der Waals surface area contributed by atoms with Gasteiger partial charge in [-0.25, -0.2) is 12.8 Å². The Labute approximate surface area is 141 Å². The molecule has 0 radical (unpaired) electrons. The normalized spacial score (nSPS) is 16.2. The summed E-state index contributed by atoms with van der Waals surface area (Å²) in [6.45, 7) is 4.03. The van der Waals surface area contributed by atoms with Gasteiger partial charge in [0.05, 0.1) is 10.6 Å². The number of benzene rings is 2. The van der Waals surface area contributed by atoms with Crippen molar-refractivity contribution in [3.05, 3.63) is 53.8 Å². The van der Waals surface area contributed by atoms with E-state index >= 15 is 0 Å². The summed E-state index contributed by atoms with van der Waals surface area (Å²) in [6.07, 6.45) is 1.60. The van der Waals surface area contributed by atoms with Gasteiger partial charge in [0.25, 0.3) is 10.0 Å². The van der Waals surface area contributed by atoms with E-state index in [9.17, 15) is 12.8 Å². The fourth-order valence-electron chi connectivity index (χ4n) is 2.74. The van der Waals surface area contributed by atoms with Gasteiger partial charge in [0.1, 0.15) is 17.2 Å². The first-order valence-corrected chi connectivity index (χ1v) is 9.19. The van der Waals surface area contributed by atoms with Crippen LogP contribution in [0.2, 0.25) is 0 Å². The molecule has 0 aromatic heterocycles. The SMILES string of the molecule is CN(c1ccc(F)cc1)S(=O)(=O)c1ccc2c(c1)CCC(C)(C)O2. The van der Waals surface area contributed by atoms with Crippen LogP contribution in [0.3, 0.4) is 0 Å². The number of rotatable bonds is 3. The fourth-order valence-corrected chi connectivity index (χ4v) is 3.99. The molecule has 3 rings (SSSR count). The molecule has 128 valence electrons. The van der Waals surface area contributed by atoms with Crippen LogP contribution in [0.4, 0.5) is 10.1 Å². The lowest BCUT2D eigenvalue weighted by Crippen LogP contribution is -2.33. The van der Waals surface area contributed by atoms with Crippen LogP contribution in [0.15, 0.2) is 47.4 Å². The molecule has 0 saturated carbocycles. The van der Waals surface area contributed by atoms with Gasteiger partial charge in [0, 0.05) is 7.05 Å². The summed E-state index contributed by atoms with van der Waals surface area (Å²) in [5.41, 5.74) is 1.06. The van der Waals surface area contributed by atoms with Crippen molar-refractivity contribution in [2.24, 2.45) is 0 Å². The number of nitrogens with zero attached hydrogens (tertiary/aromatic N) is 1. The third kappa shape index (κ3) is 3.11. The van der Waals surface area contributed by atoms with E-state index in [-0.39, 0.29) is 10.5 Å². The monoisotopic (exact) mass is 349 g/mol. The first-order valence-electron chi connectivity index (χ1n) is 7.75. The minimum absolute atomic E-state index is 0.205. The fraction of sp³-hybridized carbons (Fsp3) is 0.333. The van der Waals surface area contributed by atoms with Gasteiger partial charge in [-0.15, -0.1) is 0 Å². The summed E-state index contributed by atoms with van der Waals surface area (Å²) in [5, 5.41) is 0. The van der Waals surface area contributed by atoms with E-state index in [1.807, 2.05) is 13.8 Å². The molecular weight excluding hydrogens is 329 g/mol. The van der Waals surface area contributed by atoms with Crippen LogP contribution >= 0.6 is 0 Å². The maximum atomic E-state index is 13.0. The predicted octanol–water partition coefficient (Wildman–Crippen LogP) is 3.75. The van der Waals surface area contributed by atoms with Gasteiger partial charge >= 0.3 is 0 Å². The van der Waals surface area contributed by atoms with Crippen molar-refractivity contribution >= 4 is 15.7 Å². The smallest absolute Gasteiger partial charge is 0.264 e. The number of anilines is 1. The second-order valence-corrected chi connectivity index (χ2v) is 8.55. The summed E-state index contributed by atoms with van der Waals surface area (Å²) in [6, 6.07) is 10.3. The van der Waals surface area contributed by atoms with Crippen molar-refractivity contribution < 1.29 is 17.5 Å². The Bertz CT molecular complexity index is 860. The van der Waals surface area contributed by atoms with Gasteiger partial charge < -0.3 is 4.74 Å². The third-order valence-electron chi connectivity index (χ3n) is 4.26. The summed E-state index contributed by atoms with van der Waals surface area (Å²) < 4.78 is 45.7. The topological polar surface area (TPSA) is 46.6 Å². The lowest BCUT2D eigenvalue weighted by atomic mass is 9.94. The largest absolute Gasteiger partial charge is 0.488 e. The second kappa shape index (κ2) is 5.77. The van der Waals surface area contributed by atoms with Gasteiger partial charge in [-0.05, 0) is 74.7 Å². The molecule has 1 aliphatic rings.